The van der Waals surface area contributed by atoms with Crippen LogP contribution in [0.2, 0.25) is 0 Å². The highest BCUT2D eigenvalue weighted by molar-refractivity contribution is 6.22. The number of ether oxygens (including phenoxy) is 1. The molecule has 0 amide bonds. The Labute approximate surface area is 323 Å². The quantitative estimate of drug-likeness (QED) is 0.179. The minimum absolute atomic E-state index is 0.279. The summed E-state index contributed by atoms with van der Waals surface area (Å²) in [5, 5.41) is 7.12. The van der Waals surface area contributed by atoms with Crippen molar-refractivity contribution in [3.05, 3.63) is 193 Å². The predicted molar refractivity (Wildman–Crippen MR) is 231 cm³/mol. The lowest BCUT2D eigenvalue weighted by Crippen LogP contribution is -2.43. The summed E-state index contributed by atoms with van der Waals surface area (Å²) in [5.74, 6) is 2.11. The van der Waals surface area contributed by atoms with Gasteiger partial charge in [-0.1, -0.05) is 115 Å². The molecule has 0 bridgehead atoms. The number of hydrogen-bond acceptors (Lipinski definition) is 3. The lowest BCUT2D eigenvalue weighted by atomic mass is 9.87. The summed E-state index contributed by atoms with van der Waals surface area (Å²) in [7, 11) is 0. The summed E-state index contributed by atoms with van der Waals surface area (Å²) in [5.41, 5.74) is 9.02. The second-order valence-electron chi connectivity index (χ2n) is 15.1. The molecule has 12 rings (SSSR count). The Hall–Kier alpha value is -7.24. The molecule has 0 fully saturated rings. The van der Waals surface area contributed by atoms with Gasteiger partial charge in [-0.05, 0) is 95.6 Å². The predicted octanol–water partition coefficient (Wildman–Crippen LogP) is 12.3. The summed E-state index contributed by atoms with van der Waals surface area (Å²) in [4.78, 5) is 11.1. The van der Waals surface area contributed by atoms with Crippen molar-refractivity contribution in [2.24, 2.45) is 9.98 Å². The number of amidine groups is 1. The van der Waals surface area contributed by atoms with Crippen LogP contribution in [-0.4, -0.2) is 26.5 Å². The number of nitrogens with zero attached hydrogens (tertiary/aromatic N) is 4. The SMILES string of the molecule is CC12N=C(c3ccc4c(c3)c3ccccc3n4-c3ccccc3)N=C(n3c4ccccc4c4cc5ccccc5cc43)C1c1cc(-c3ccccc3)ccc1O2. The molecule has 0 spiro atoms. The van der Waals surface area contributed by atoms with Gasteiger partial charge < -0.3 is 9.30 Å². The fraction of sp³-hybridized carbons (Fsp3) is 0.0588. The number of aliphatic imine (C=N–C) groups is 2. The number of hydrogen-bond donors (Lipinski definition) is 0. The molecule has 2 atom stereocenters. The van der Waals surface area contributed by atoms with E-state index in [-0.39, 0.29) is 5.92 Å². The monoisotopic (exact) mass is 718 g/mol. The van der Waals surface area contributed by atoms with Crippen LogP contribution >= 0.6 is 0 Å². The fourth-order valence-corrected chi connectivity index (χ4v) is 9.30. The van der Waals surface area contributed by atoms with E-state index < -0.39 is 5.72 Å². The zero-order valence-corrected chi connectivity index (χ0v) is 30.6. The lowest BCUT2D eigenvalue weighted by molar-refractivity contribution is 0.116. The van der Waals surface area contributed by atoms with Crippen molar-refractivity contribution in [2.45, 2.75) is 18.6 Å². The van der Waals surface area contributed by atoms with Crippen LogP contribution in [-0.2, 0) is 0 Å². The Balaban J connectivity index is 1.13. The maximum absolute atomic E-state index is 7.00. The topological polar surface area (TPSA) is 43.8 Å². The number of aromatic nitrogens is 2. The Morgan fingerprint density at radius 2 is 1.09 bits per heavy atom. The van der Waals surface area contributed by atoms with Crippen molar-refractivity contribution < 1.29 is 4.74 Å². The lowest BCUT2D eigenvalue weighted by Gasteiger charge is -2.33. The van der Waals surface area contributed by atoms with Crippen LogP contribution in [0, 0.1) is 0 Å². The van der Waals surface area contributed by atoms with Gasteiger partial charge in [-0.15, -0.1) is 0 Å². The third kappa shape index (κ3) is 4.48. The number of para-hydroxylation sites is 3. The van der Waals surface area contributed by atoms with E-state index in [4.69, 9.17) is 14.7 Å². The zero-order valence-electron chi connectivity index (χ0n) is 30.6. The zero-order chi connectivity index (χ0) is 37.0. The molecule has 0 aliphatic carbocycles. The molecule has 2 aliphatic heterocycles. The Bertz CT molecular complexity index is 3300. The normalized spacial score (nSPS) is 17.6. The van der Waals surface area contributed by atoms with Crippen LogP contribution in [0.25, 0.3) is 71.2 Å². The first-order valence-corrected chi connectivity index (χ1v) is 19.2. The van der Waals surface area contributed by atoms with Crippen LogP contribution in [0.5, 0.6) is 5.75 Å². The van der Waals surface area contributed by atoms with Crippen molar-refractivity contribution in [1.29, 1.82) is 0 Å². The Morgan fingerprint density at radius 3 is 1.86 bits per heavy atom. The van der Waals surface area contributed by atoms with Gasteiger partial charge in [0.2, 0.25) is 5.72 Å². The first-order chi connectivity index (χ1) is 27.6. The van der Waals surface area contributed by atoms with E-state index in [9.17, 15) is 0 Å². The fourth-order valence-electron chi connectivity index (χ4n) is 9.30. The average Bonchev–Trinajstić information content (AvgIpc) is 3.87. The highest BCUT2D eigenvalue weighted by atomic mass is 16.5. The maximum Gasteiger partial charge on any atom is 0.213 e. The van der Waals surface area contributed by atoms with Crippen LogP contribution in [0.4, 0.5) is 0 Å². The first-order valence-electron chi connectivity index (χ1n) is 19.2. The molecular formula is C51H34N4O. The molecule has 8 aromatic carbocycles. The van der Waals surface area contributed by atoms with Gasteiger partial charge >= 0.3 is 0 Å². The molecule has 0 saturated heterocycles. The molecule has 0 N–H and O–H groups in total. The number of fused-ring (bicyclic) bond motifs is 10. The highest BCUT2D eigenvalue weighted by Gasteiger charge is 2.51. The minimum atomic E-state index is -0.953. The third-order valence-corrected chi connectivity index (χ3v) is 11.8. The Morgan fingerprint density at radius 1 is 0.482 bits per heavy atom. The van der Waals surface area contributed by atoms with E-state index in [2.05, 4.69) is 198 Å². The molecule has 0 radical (unpaired) electrons. The third-order valence-electron chi connectivity index (χ3n) is 11.8. The summed E-state index contributed by atoms with van der Waals surface area (Å²) < 4.78 is 11.7. The van der Waals surface area contributed by atoms with Crippen molar-refractivity contribution in [3.63, 3.8) is 0 Å². The van der Waals surface area contributed by atoms with Gasteiger partial charge in [0.25, 0.3) is 0 Å². The van der Waals surface area contributed by atoms with E-state index in [0.29, 0.717) is 5.84 Å². The smallest absolute Gasteiger partial charge is 0.213 e. The molecule has 2 aliphatic rings. The second kappa shape index (κ2) is 11.6. The molecule has 2 aromatic heterocycles. The summed E-state index contributed by atoms with van der Waals surface area (Å²) in [6.45, 7) is 2.12. The molecule has 2 unspecified atom stereocenters. The van der Waals surface area contributed by atoms with Gasteiger partial charge in [0, 0.05) is 38.4 Å². The van der Waals surface area contributed by atoms with Gasteiger partial charge in [0.15, 0.2) is 5.84 Å². The molecule has 56 heavy (non-hydrogen) atoms. The molecule has 0 saturated carbocycles. The van der Waals surface area contributed by atoms with Gasteiger partial charge in [0.05, 0.1) is 22.1 Å². The summed E-state index contributed by atoms with van der Waals surface area (Å²) >= 11 is 0. The van der Waals surface area contributed by atoms with E-state index in [0.717, 1.165) is 67.0 Å². The molecule has 5 nitrogen and oxygen atoms in total. The van der Waals surface area contributed by atoms with Crippen LogP contribution < -0.4 is 4.74 Å². The minimum Gasteiger partial charge on any atom is -0.465 e. The second-order valence-corrected chi connectivity index (χ2v) is 15.1. The molecule has 5 heteroatoms. The first kappa shape index (κ1) is 31.1. The van der Waals surface area contributed by atoms with Gasteiger partial charge in [-0.2, -0.15) is 0 Å². The Kier molecular flexibility index (Phi) is 6.47. The van der Waals surface area contributed by atoms with Gasteiger partial charge in [0.1, 0.15) is 17.5 Å². The molecule has 264 valence electrons. The summed E-state index contributed by atoms with van der Waals surface area (Å²) in [6.07, 6.45) is 0. The van der Waals surface area contributed by atoms with E-state index in [1.54, 1.807) is 0 Å². The standard InChI is InChI=1S/C51H34N4O/c1-51-48(42-29-35(25-27-47(42)56-51)32-14-4-2-5-15-32)50(55-44-23-13-11-21-39(44)41-28-33-16-8-9-17-34(33)31-46(41)55)52-49(53-51)36-24-26-45-40(30-36)38-20-10-12-22-43(38)54(45)37-18-6-3-7-19-37/h2-31,48H,1H3. The maximum atomic E-state index is 7.00. The highest BCUT2D eigenvalue weighted by Crippen LogP contribution is 2.51. The average molecular weight is 719 g/mol. The van der Waals surface area contributed by atoms with Crippen LogP contribution in [0.15, 0.2) is 192 Å². The number of benzene rings is 8. The molecule has 4 heterocycles. The van der Waals surface area contributed by atoms with Crippen molar-refractivity contribution in [2.75, 3.05) is 0 Å². The molecule has 10 aromatic rings. The largest absolute Gasteiger partial charge is 0.465 e. The van der Waals surface area contributed by atoms with Gasteiger partial charge in [-0.3, -0.25) is 4.57 Å². The van der Waals surface area contributed by atoms with Crippen LogP contribution in [0.3, 0.4) is 0 Å². The van der Waals surface area contributed by atoms with Crippen molar-refractivity contribution >= 4 is 66.1 Å². The van der Waals surface area contributed by atoms with Crippen LogP contribution in [0.1, 0.15) is 24.0 Å². The number of rotatable bonds is 3. The summed E-state index contributed by atoms with van der Waals surface area (Å²) in [6, 6.07) is 64.9. The van der Waals surface area contributed by atoms with Crippen molar-refractivity contribution in [1.82, 2.24) is 9.13 Å². The molecular weight excluding hydrogens is 685 g/mol. The van der Waals surface area contributed by atoms with E-state index >= 15 is 0 Å². The van der Waals surface area contributed by atoms with E-state index in [1.165, 1.54) is 26.9 Å². The van der Waals surface area contributed by atoms with Crippen molar-refractivity contribution in [3.8, 4) is 22.6 Å². The van der Waals surface area contributed by atoms with E-state index in [1.807, 2.05) is 0 Å². The van der Waals surface area contributed by atoms with Gasteiger partial charge in [-0.25, -0.2) is 9.98 Å².